The number of nitrogens with zero attached hydrogens (tertiary/aromatic N) is 2. The summed E-state index contributed by atoms with van der Waals surface area (Å²) in [6.45, 7) is 4.60. The number of aliphatic hydroxyl groups excluding tert-OH is 1. The van der Waals surface area contributed by atoms with Crippen LogP contribution in [0.25, 0.3) is 0 Å². The Balaban J connectivity index is 2.38. The second kappa shape index (κ2) is 5.87. The number of methoxy groups -OCH3 is 1. The zero-order valence-electron chi connectivity index (χ0n) is 12.4. The first kappa shape index (κ1) is 15.5. The number of rotatable bonds is 4. The average molecular weight is 296 g/mol. The van der Waals surface area contributed by atoms with Crippen molar-refractivity contribution in [2.24, 2.45) is 0 Å². The van der Waals surface area contributed by atoms with Gasteiger partial charge in [-0.15, -0.1) is 0 Å². The number of hydrogen-bond acceptors (Lipinski definition) is 6. The molecule has 1 saturated heterocycles. The highest BCUT2D eigenvalue weighted by Gasteiger charge is 2.35. The summed E-state index contributed by atoms with van der Waals surface area (Å²) >= 11 is 0. The van der Waals surface area contributed by atoms with E-state index < -0.39 is 10.5 Å². The summed E-state index contributed by atoms with van der Waals surface area (Å²) in [5.41, 5.74) is 0.0127. The molecule has 7 nitrogen and oxygen atoms in total. The first-order valence-corrected chi connectivity index (χ1v) is 6.72. The molecule has 1 fully saturated rings. The Kier molecular flexibility index (Phi) is 4.34. The third-order valence-electron chi connectivity index (χ3n) is 3.40. The lowest BCUT2D eigenvalue weighted by Gasteiger charge is -2.43. The number of nitro groups is 1. The summed E-state index contributed by atoms with van der Waals surface area (Å²) in [7, 11) is 1.47. The number of aliphatic hydroxyl groups is 1. The summed E-state index contributed by atoms with van der Waals surface area (Å²) in [6, 6.07) is 4.78. The lowest BCUT2D eigenvalue weighted by Crippen LogP contribution is -2.54. The van der Waals surface area contributed by atoms with Gasteiger partial charge in [-0.25, -0.2) is 0 Å². The molecule has 1 heterocycles. The maximum absolute atomic E-state index is 11.3. The fraction of sp³-hybridized carbons (Fsp3) is 0.571. The lowest BCUT2D eigenvalue weighted by molar-refractivity contribution is -0.384. The summed E-state index contributed by atoms with van der Waals surface area (Å²) < 4.78 is 10.8. The molecular formula is C14H20N2O5. The van der Waals surface area contributed by atoms with E-state index in [2.05, 4.69) is 0 Å². The van der Waals surface area contributed by atoms with Crippen LogP contribution in [0, 0.1) is 10.1 Å². The summed E-state index contributed by atoms with van der Waals surface area (Å²) in [4.78, 5) is 12.7. The van der Waals surface area contributed by atoms with Crippen LogP contribution in [0.3, 0.4) is 0 Å². The van der Waals surface area contributed by atoms with E-state index in [-0.39, 0.29) is 18.4 Å². The van der Waals surface area contributed by atoms with Crippen LogP contribution in [-0.4, -0.2) is 48.5 Å². The molecule has 1 aromatic carbocycles. The molecule has 0 spiro atoms. The molecular weight excluding hydrogens is 276 g/mol. The van der Waals surface area contributed by atoms with Crippen LogP contribution in [0.15, 0.2) is 18.2 Å². The minimum Gasteiger partial charge on any atom is -0.496 e. The topological polar surface area (TPSA) is 85.1 Å². The van der Waals surface area contributed by atoms with Crippen LogP contribution in [0.4, 0.5) is 11.4 Å². The predicted molar refractivity (Wildman–Crippen MR) is 77.9 cm³/mol. The second-order valence-corrected chi connectivity index (χ2v) is 5.67. The van der Waals surface area contributed by atoms with Crippen LogP contribution in [0.5, 0.6) is 5.75 Å². The Morgan fingerprint density at radius 2 is 2.29 bits per heavy atom. The molecule has 0 amide bonds. The van der Waals surface area contributed by atoms with E-state index in [4.69, 9.17) is 9.47 Å². The van der Waals surface area contributed by atoms with Gasteiger partial charge in [0.1, 0.15) is 11.4 Å². The highest BCUT2D eigenvalue weighted by atomic mass is 16.6. The highest BCUT2D eigenvalue weighted by Crippen LogP contribution is 2.35. The van der Waals surface area contributed by atoms with Gasteiger partial charge in [0, 0.05) is 13.1 Å². The summed E-state index contributed by atoms with van der Waals surface area (Å²) in [5, 5.41) is 20.6. The molecule has 0 saturated carbocycles. The quantitative estimate of drug-likeness (QED) is 0.670. The number of ether oxygens (including phenoxy) is 2. The summed E-state index contributed by atoms with van der Waals surface area (Å²) in [6.07, 6.45) is -0.365. The van der Waals surface area contributed by atoms with E-state index in [9.17, 15) is 15.2 Å². The largest absolute Gasteiger partial charge is 0.496 e. The SMILES string of the molecule is COc1ccc(N2CC(CO)OC(C)(C)C2)c([N+](=O)[O-])c1. The van der Waals surface area contributed by atoms with Gasteiger partial charge in [0.05, 0.1) is 36.4 Å². The molecule has 1 atom stereocenters. The van der Waals surface area contributed by atoms with E-state index >= 15 is 0 Å². The Hall–Kier alpha value is -1.86. The Labute approximate surface area is 123 Å². The lowest BCUT2D eigenvalue weighted by atomic mass is 10.0. The van der Waals surface area contributed by atoms with Gasteiger partial charge in [-0.2, -0.15) is 0 Å². The third kappa shape index (κ3) is 3.43. The van der Waals surface area contributed by atoms with Crippen molar-refractivity contribution < 1.29 is 19.5 Å². The molecule has 7 heteroatoms. The van der Waals surface area contributed by atoms with Crippen LogP contribution in [-0.2, 0) is 4.74 Å². The van der Waals surface area contributed by atoms with Gasteiger partial charge in [-0.3, -0.25) is 10.1 Å². The van der Waals surface area contributed by atoms with E-state index in [1.165, 1.54) is 13.2 Å². The molecule has 2 rings (SSSR count). The van der Waals surface area contributed by atoms with Crippen LogP contribution >= 0.6 is 0 Å². The molecule has 0 bridgehead atoms. The van der Waals surface area contributed by atoms with Gasteiger partial charge in [0.15, 0.2) is 0 Å². The molecule has 116 valence electrons. The number of anilines is 1. The van der Waals surface area contributed by atoms with Crippen molar-refractivity contribution in [3.8, 4) is 5.75 Å². The second-order valence-electron chi connectivity index (χ2n) is 5.67. The van der Waals surface area contributed by atoms with Gasteiger partial charge in [0.2, 0.25) is 0 Å². The normalized spacial score (nSPS) is 21.1. The van der Waals surface area contributed by atoms with E-state index in [0.29, 0.717) is 24.5 Å². The highest BCUT2D eigenvalue weighted by molar-refractivity contribution is 5.66. The monoisotopic (exact) mass is 296 g/mol. The smallest absolute Gasteiger partial charge is 0.296 e. The number of morpholine rings is 1. The van der Waals surface area contributed by atoms with Crippen molar-refractivity contribution in [3.05, 3.63) is 28.3 Å². The van der Waals surface area contributed by atoms with E-state index in [1.807, 2.05) is 18.7 Å². The third-order valence-corrected chi connectivity index (χ3v) is 3.40. The number of hydrogen-bond donors (Lipinski definition) is 1. The van der Waals surface area contributed by atoms with Gasteiger partial charge in [-0.05, 0) is 26.0 Å². The van der Waals surface area contributed by atoms with Crippen molar-refractivity contribution in [1.82, 2.24) is 0 Å². The van der Waals surface area contributed by atoms with Crippen molar-refractivity contribution in [2.45, 2.75) is 25.6 Å². The van der Waals surface area contributed by atoms with Crippen LogP contribution < -0.4 is 9.64 Å². The first-order valence-electron chi connectivity index (χ1n) is 6.72. The fourth-order valence-corrected chi connectivity index (χ4v) is 2.62. The molecule has 0 aliphatic carbocycles. The molecule has 1 N–H and O–H groups in total. The predicted octanol–water partition coefficient (Wildman–Crippen LogP) is 1.58. The molecule has 0 aromatic heterocycles. The van der Waals surface area contributed by atoms with Crippen molar-refractivity contribution >= 4 is 11.4 Å². The van der Waals surface area contributed by atoms with E-state index in [0.717, 1.165) is 0 Å². The molecule has 0 radical (unpaired) electrons. The van der Waals surface area contributed by atoms with Crippen LogP contribution in [0.2, 0.25) is 0 Å². The molecule has 1 unspecified atom stereocenters. The number of nitro benzene ring substituents is 1. The van der Waals surface area contributed by atoms with Gasteiger partial charge >= 0.3 is 0 Å². The Morgan fingerprint density at radius 1 is 1.57 bits per heavy atom. The van der Waals surface area contributed by atoms with Gasteiger partial charge in [-0.1, -0.05) is 0 Å². The molecule has 21 heavy (non-hydrogen) atoms. The van der Waals surface area contributed by atoms with E-state index in [1.54, 1.807) is 12.1 Å². The molecule has 1 aromatic rings. The van der Waals surface area contributed by atoms with Gasteiger partial charge in [0.25, 0.3) is 5.69 Å². The first-order chi connectivity index (χ1) is 9.86. The van der Waals surface area contributed by atoms with Crippen molar-refractivity contribution in [3.63, 3.8) is 0 Å². The molecule has 1 aliphatic rings. The van der Waals surface area contributed by atoms with Crippen molar-refractivity contribution in [2.75, 3.05) is 31.7 Å². The minimum atomic E-state index is -0.487. The fourth-order valence-electron chi connectivity index (χ4n) is 2.62. The van der Waals surface area contributed by atoms with Crippen LogP contribution in [0.1, 0.15) is 13.8 Å². The zero-order chi connectivity index (χ0) is 15.6. The summed E-state index contributed by atoms with van der Waals surface area (Å²) in [5.74, 6) is 0.441. The van der Waals surface area contributed by atoms with Gasteiger partial charge < -0.3 is 19.5 Å². The standard InChI is InChI=1S/C14H20N2O5/c1-14(2)9-15(7-11(8-17)21-14)12-5-4-10(20-3)6-13(12)16(18)19/h4-6,11,17H,7-9H2,1-3H3. The zero-order valence-corrected chi connectivity index (χ0v) is 12.4. The Morgan fingerprint density at radius 3 is 2.86 bits per heavy atom. The van der Waals surface area contributed by atoms with Crippen molar-refractivity contribution in [1.29, 1.82) is 0 Å². The maximum atomic E-state index is 11.3. The average Bonchev–Trinajstić information content (AvgIpc) is 2.44. The molecule has 1 aliphatic heterocycles. The maximum Gasteiger partial charge on any atom is 0.296 e. The number of benzene rings is 1. The minimum absolute atomic E-state index is 0.0104. The Bertz CT molecular complexity index is 532.